The van der Waals surface area contributed by atoms with Gasteiger partial charge in [-0.1, -0.05) is 0 Å². The van der Waals surface area contributed by atoms with Crippen LogP contribution in [0.3, 0.4) is 0 Å². The van der Waals surface area contributed by atoms with Gasteiger partial charge in [-0.15, -0.1) is 0 Å². The van der Waals surface area contributed by atoms with E-state index in [9.17, 15) is 18.3 Å². The molecule has 2 heterocycles. The average Bonchev–Trinajstić information content (AvgIpc) is 3.04. The minimum atomic E-state index is -4.24. The Balaban J connectivity index is 2.13. The molecule has 3 rings (SSSR count). The lowest BCUT2D eigenvalue weighted by Gasteiger charge is -2.19. The molecular weight excluding hydrogens is 351 g/mol. The van der Waals surface area contributed by atoms with Gasteiger partial charge < -0.3 is 5.11 Å². The molecule has 1 aromatic carbocycles. The second-order valence-corrected chi connectivity index (χ2v) is 8.27. The standard InChI is InChI=1S/C15H17FN4O4S/c1-15(2,3)20-7-9(6-17-20)10-4-5-11(21)14(13(10)16)19-8-12(22)18-25(19,23)24/h4-7,21H,8H2,1-3H3,(H,18,22). The molecule has 1 fully saturated rings. The van der Waals surface area contributed by atoms with Crippen molar-refractivity contribution in [2.24, 2.45) is 0 Å². The molecule has 1 aliphatic rings. The number of carbonyl (C=O) groups is 1. The minimum absolute atomic E-state index is 0.0675. The van der Waals surface area contributed by atoms with Crippen LogP contribution in [0.15, 0.2) is 24.5 Å². The zero-order valence-electron chi connectivity index (χ0n) is 13.8. The highest BCUT2D eigenvalue weighted by Gasteiger charge is 2.38. The van der Waals surface area contributed by atoms with Crippen LogP contribution < -0.4 is 9.03 Å². The van der Waals surface area contributed by atoms with Gasteiger partial charge in [0.15, 0.2) is 5.82 Å². The predicted octanol–water partition coefficient (Wildman–Crippen LogP) is 1.33. The molecule has 0 unspecified atom stereocenters. The predicted molar refractivity (Wildman–Crippen MR) is 88.7 cm³/mol. The zero-order valence-corrected chi connectivity index (χ0v) is 14.6. The van der Waals surface area contributed by atoms with E-state index in [0.717, 1.165) is 0 Å². The van der Waals surface area contributed by atoms with E-state index in [4.69, 9.17) is 0 Å². The Bertz CT molecular complexity index is 962. The first kappa shape index (κ1) is 17.2. The molecule has 0 aliphatic carbocycles. The summed E-state index contributed by atoms with van der Waals surface area (Å²) in [7, 11) is -4.24. The SMILES string of the molecule is CC(C)(C)n1cc(-c2ccc(O)c(N3CC(=O)NS3(=O)=O)c2F)cn1. The third-order valence-electron chi connectivity index (χ3n) is 3.75. The Kier molecular flexibility index (Phi) is 3.75. The molecule has 25 heavy (non-hydrogen) atoms. The maximum atomic E-state index is 15.0. The number of benzene rings is 1. The molecule has 0 spiro atoms. The van der Waals surface area contributed by atoms with Crippen molar-refractivity contribution in [3.63, 3.8) is 0 Å². The molecule has 1 saturated heterocycles. The van der Waals surface area contributed by atoms with Crippen LogP contribution in [0.5, 0.6) is 5.75 Å². The van der Waals surface area contributed by atoms with E-state index in [2.05, 4.69) is 5.10 Å². The van der Waals surface area contributed by atoms with Crippen LogP contribution in [0.2, 0.25) is 0 Å². The van der Waals surface area contributed by atoms with Gasteiger partial charge in [0.25, 0.3) is 5.91 Å². The number of halogens is 1. The third-order valence-corrected chi connectivity index (χ3v) is 5.12. The van der Waals surface area contributed by atoms with E-state index in [-0.39, 0.29) is 11.1 Å². The summed E-state index contributed by atoms with van der Waals surface area (Å²) in [5.74, 6) is -2.33. The van der Waals surface area contributed by atoms with E-state index in [1.165, 1.54) is 18.3 Å². The maximum absolute atomic E-state index is 15.0. The van der Waals surface area contributed by atoms with Crippen LogP contribution >= 0.6 is 0 Å². The van der Waals surface area contributed by atoms with Crippen molar-refractivity contribution in [1.29, 1.82) is 0 Å². The lowest BCUT2D eigenvalue weighted by molar-refractivity contribution is -0.117. The average molecular weight is 368 g/mol. The van der Waals surface area contributed by atoms with Gasteiger partial charge in [-0.05, 0) is 32.9 Å². The summed E-state index contributed by atoms with van der Waals surface area (Å²) in [6, 6.07) is 2.51. The van der Waals surface area contributed by atoms with Gasteiger partial charge in [-0.25, -0.2) is 13.4 Å². The lowest BCUT2D eigenvalue weighted by Crippen LogP contribution is -2.30. The van der Waals surface area contributed by atoms with Crippen LogP contribution in [0.1, 0.15) is 20.8 Å². The molecule has 2 aromatic rings. The number of carbonyl (C=O) groups excluding carboxylic acids is 1. The van der Waals surface area contributed by atoms with Crippen molar-refractivity contribution in [2.45, 2.75) is 26.3 Å². The monoisotopic (exact) mass is 368 g/mol. The lowest BCUT2D eigenvalue weighted by atomic mass is 10.1. The summed E-state index contributed by atoms with van der Waals surface area (Å²) in [4.78, 5) is 11.4. The van der Waals surface area contributed by atoms with Crippen molar-refractivity contribution in [3.8, 4) is 16.9 Å². The maximum Gasteiger partial charge on any atom is 0.326 e. The quantitative estimate of drug-likeness (QED) is 0.832. The topological polar surface area (TPSA) is 105 Å². The number of amides is 1. The van der Waals surface area contributed by atoms with Gasteiger partial charge in [0.05, 0.1) is 11.7 Å². The Morgan fingerprint density at radius 2 is 2.00 bits per heavy atom. The van der Waals surface area contributed by atoms with Crippen molar-refractivity contribution >= 4 is 21.8 Å². The molecule has 8 nitrogen and oxygen atoms in total. The van der Waals surface area contributed by atoms with Crippen molar-refractivity contribution in [2.75, 3.05) is 10.8 Å². The molecule has 10 heteroatoms. The number of hydrogen-bond donors (Lipinski definition) is 2. The number of hydrogen-bond acceptors (Lipinski definition) is 5. The number of nitrogens with zero attached hydrogens (tertiary/aromatic N) is 3. The van der Waals surface area contributed by atoms with Gasteiger partial charge in [0.2, 0.25) is 0 Å². The summed E-state index contributed by atoms with van der Waals surface area (Å²) in [5, 5.41) is 14.2. The number of anilines is 1. The van der Waals surface area contributed by atoms with Crippen molar-refractivity contribution < 1.29 is 22.7 Å². The normalized spacial score (nSPS) is 17.0. The van der Waals surface area contributed by atoms with Crippen molar-refractivity contribution in [1.82, 2.24) is 14.5 Å². The first-order valence-electron chi connectivity index (χ1n) is 7.41. The Labute approximate surface area is 144 Å². The van der Waals surface area contributed by atoms with Crippen LogP contribution in [0.4, 0.5) is 10.1 Å². The summed E-state index contributed by atoms with van der Waals surface area (Å²) in [6.07, 6.45) is 3.08. The zero-order chi connectivity index (χ0) is 18.6. The number of aromatic nitrogens is 2. The largest absolute Gasteiger partial charge is 0.506 e. The van der Waals surface area contributed by atoms with Crippen LogP contribution in [0, 0.1) is 5.82 Å². The summed E-state index contributed by atoms with van der Waals surface area (Å²) >= 11 is 0. The second-order valence-electron chi connectivity index (χ2n) is 6.68. The second kappa shape index (κ2) is 5.45. The van der Waals surface area contributed by atoms with Crippen LogP contribution in [0.25, 0.3) is 11.1 Å². The number of phenols is 1. The smallest absolute Gasteiger partial charge is 0.326 e. The van der Waals surface area contributed by atoms with Crippen LogP contribution in [-0.2, 0) is 20.5 Å². The summed E-state index contributed by atoms with van der Waals surface area (Å²) < 4.78 is 42.8. The van der Waals surface area contributed by atoms with Gasteiger partial charge >= 0.3 is 10.2 Å². The Hall–Kier alpha value is -2.62. The van der Waals surface area contributed by atoms with Gasteiger partial charge in [0, 0.05) is 17.3 Å². The number of rotatable bonds is 2. The van der Waals surface area contributed by atoms with E-state index in [1.54, 1.807) is 15.6 Å². The summed E-state index contributed by atoms with van der Waals surface area (Å²) in [5.41, 5.74) is -0.398. The minimum Gasteiger partial charge on any atom is -0.506 e. The highest BCUT2D eigenvalue weighted by molar-refractivity contribution is 7.92. The fourth-order valence-corrected chi connectivity index (χ4v) is 3.65. The Morgan fingerprint density at radius 3 is 2.52 bits per heavy atom. The summed E-state index contributed by atoms with van der Waals surface area (Å²) in [6.45, 7) is 5.18. The molecule has 1 aromatic heterocycles. The first-order valence-corrected chi connectivity index (χ1v) is 8.85. The van der Waals surface area contributed by atoms with Gasteiger partial charge in [-0.2, -0.15) is 13.5 Å². The molecule has 1 aliphatic heterocycles. The van der Waals surface area contributed by atoms with Gasteiger partial charge in [0.1, 0.15) is 18.0 Å². The fraction of sp³-hybridized carbons (Fsp3) is 0.333. The van der Waals surface area contributed by atoms with E-state index in [1.807, 2.05) is 20.8 Å². The van der Waals surface area contributed by atoms with E-state index in [0.29, 0.717) is 9.87 Å². The number of phenolic OH excluding ortho intramolecular Hbond substituents is 1. The molecule has 0 bridgehead atoms. The third kappa shape index (κ3) is 2.93. The first-order chi connectivity index (χ1) is 11.5. The van der Waals surface area contributed by atoms with E-state index < -0.39 is 39.9 Å². The van der Waals surface area contributed by atoms with Crippen molar-refractivity contribution in [3.05, 3.63) is 30.3 Å². The Morgan fingerprint density at radius 1 is 1.32 bits per heavy atom. The molecule has 0 atom stereocenters. The molecule has 0 radical (unpaired) electrons. The van der Waals surface area contributed by atoms with Crippen LogP contribution in [-0.4, -0.2) is 35.8 Å². The molecular formula is C15H17FN4O4S. The molecule has 0 saturated carbocycles. The van der Waals surface area contributed by atoms with E-state index >= 15 is 4.39 Å². The molecule has 1 amide bonds. The number of nitrogens with one attached hydrogen (secondary N) is 1. The molecule has 134 valence electrons. The molecule has 2 N–H and O–H groups in total. The fourth-order valence-electron chi connectivity index (χ4n) is 2.49. The van der Waals surface area contributed by atoms with Gasteiger partial charge in [-0.3, -0.25) is 9.48 Å². The number of aromatic hydroxyl groups is 1. The highest BCUT2D eigenvalue weighted by Crippen LogP contribution is 2.38. The highest BCUT2D eigenvalue weighted by atomic mass is 32.2.